The third-order valence-electron chi connectivity index (χ3n) is 2.89. The minimum absolute atomic E-state index is 0. The Labute approximate surface area is 108 Å². The van der Waals surface area contributed by atoms with Crippen molar-refractivity contribution in [3.05, 3.63) is 42.2 Å². The Kier molecular flexibility index (Phi) is 4.73. The second-order valence-corrected chi connectivity index (χ2v) is 4.28. The Morgan fingerprint density at radius 1 is 1.18 bits per heavy atom. The van der Waals surface area contributed by atoms with Crippen LogP contribution in [0.1, 0.15) is 18.7 Å². The molecule has 92 valence electrons. The SMILES string of the molecule is CC(c1cc(-c2ccccc2)no1)[NH+](C)C.[Cl-]. The van der Waals surface area contributed by atoms with Gasteiger partial charge in [-0.05, 0) is 6.92 Å². The molecule has 1 atom stereocenters. The lowest BCUT2D eigenvalue weighted by molar-refractivity contribution is -0.891. The van der Waals surface area contributed by atoms with E-state index in [2.05, 4.69) is 26.2 Å². The predicted octanol–water partition coefficient (Wildman–Crippen LogP) is -1.45. The number of hydrogen-bond donors (Lipinski definition) is 1. The summed E-state index contributed by atoms with van der Waals surface area (Å²) in [4.78, 5) is 1.33. The molecule has 0 aliphatic heterocycles. The third kappa shape index (κ3) is 3.08. The second-order valence-electron chi connectivity index (χ2n) is 4.28. The average Bonchev–Trinajstić information content (AvgIpc) is 2.78. The van der Waals surface area contributed by atoms with E-state index in [9.17, 15) is 0 Å². The fraction of sp³-hybridized carbons (Fsp3) is 0.308. The summed E-state index contributed by atoms with van der Waals surface area (Å²) in [6.45, 7) is 2.13. The maximum Gasteiger partial charge on any atom is 0.194 e. The molecule has 2 aromatic rings. The monoisotopic (exact) mass is 252 g/mol. The number of benzene rings is 1. The Bertz CT molecular complexity index is 453. The fourth-order valence-electron chi connectivity index (χ4n) is 1.52. The molecule has 1 aromatic heterocycles. The number of nitrogens with one attached hydrogen (secondary N) is 1. The van der Waals surface area contributed by atoms with Crippen molar-refractivity contribution < 1.29 is 21.8 Å². The van der Waals surface area contributed by atoms with E-state index in [4.69, 9.17) is 4.52 Å². The second kappa shape index (κ2) is 5.84. The molecule has 0 aliphatic carbocycles. The quantitative estimate of drug-likeness (QED) is 0.725. The van der Waals surface area contributed by atoms with E-state index in [1.54, 1.807) is 0 Å². The molecule has 0 radical (unpaired) electrons. The summed E-state index contributed by atoms with van der Waals surface area (Å²) in [6, 6.07) is 12.4. The van der Waals surface area contributed by atoms with E-state index in [1.165, 1.54) is 4.90 Å². The van der Waals surface area contributed by atoms with Crippen molar-refractivity contribution in [1.29, 1.82) is 0 Å². The Morgan fingerprint density at radius 2 is 1.82 bits per heavy atom. The van der Waals surface area contributed by atoms with Gasteiger partial charge in [0.15, 0.2) is 5.76 Å². The molecule has 0 amide bonds. The highest BCUT2D eigenvalue weighted by molar-refractivity contribution is 5.58. The van der Waals surface area contributed by atoms with Crippen LogP contribution in [0.25, 0.3) is 11.3 Å². The average molecular weight is 253 g/mol. The van der Waals surface area contributed by atoms with Crippen LogP contribution in [0, 0.1) is 0 Å². The fourth-order valence-corrected chi connectivity index (χ4v) is 1.52. The number of quaternary nitrogens is 1. The normalized spacial score (nSPS) is 12.2. The molecule has 2 rings (SSSR count). The standard InChI is InChI=1S/C13H16N2O.ClH/c1-10(15(2)3)13-9-12(14-16-13)11-7-5-4-6-8-11;/h4-10H,1-3H3;1H. The summed E-state index contributed by atoms with van der Waals surface area (Å²) in [5.74, 6) is 0.929. The van der Waals surface area contributed by atoms with Crippen LogP contribution in [0.4, 0.5) is 0 Å². The molecule has 4 heteroatoms. The van der Waals surface area contributed by atoms with E-state index < -0.39 is 0 Å². The molecule has 0 bridgehead atoms. The van der Waals surface area contributed by atoms with Crippen LogP contribution in [0.2, 0.25) is 0 Å². The minimum Gasteiger partial charge on any atom is -1.00 e. The van der Waals surface area contributed by atoms with E-state index >= 15 is 0 Å². The molecule has 0 saturated heterocycles. The van der Waals surface area contributed by atoms with Gasteiger partial charge in [-0.2, -0.15) is 0 Å². The number of nitrogens with zero attached hydrogens (tertiary/aromatic N) is 1. The van der Waals surface area contributed by atoms with E-state index in [0.29, 0.717) is 6.04 Å². The van der Waals surface area contributed by atoms with Gasteiger partial charge in [-0.3, -0.25) is 0 Å². The summed E-state index contributed by atoms with van der Waals surface area (Å²) < 4.78 is 5.37. The molecule has 0 saturated carbocycles. The van der Waals surface area contributed by atoms with Gasteiger partial charge in [0.25, 0.3) is 0 Å². The van der Waals surface area contributed by atoms with Crippen molar-refractivity contribution in [3.63, 3.8) is 0 Å². The van der Waals surface area contributed by atoms with Crippen molar-refractivity contribution in [2.45, 2.75) is 13.0 Å². The van der Waals surface area contributed by atoms with Gasteiger partial charge in [0, 0.05) is 11.6 Å². The molecule has 17 heavy (non-hydrogen) atoms. The summed E-state index contributed by atoms with van der Waals surface area (Å²) >= 11 is 0. The largest absolute Gasteiger partial charge is 1.00 e. The highest BCUT2D eigenvalue weighted by Gasteiger charge is 2.17. The van der Waals surface area contributed by atoms with Crippen LogP contribution >= 0.6 is 0 Å². The van der Waals surface area contributed by atoms with Crippen LogP contribution in [-0.2, 0) is 0 Å². The number of hydrogen-bond acceptors (Lipinski definition) is 2. The van der Waals surface area contributed by atoms with E-state index in [-0.39, 0.29) is 12.4 Å². The van der Waals surface area contributed by atoms with Gasteiger partial charge in [0.1, 0.15) is 11.7 Å². The Morgan fingerprint density at radius 3 is 2.41 bits per heavy atom. The summed E-state index contributed by atoms with van der Waals surface area (Å²) in [6.07, 6.45) is 0. The molecular formula is C13H17ClN2O. The van der Waals surface area contributed by atoms with Crippen LogP contribution in [0.3, 0.4) is 0 Å². The van der Waals surface area contributed by atoms with Gasteiger partial charge < -0.3 is 21.8 Å². The lowest BCUT2D eigenvalue weighted by atomic mass is 10.1. The maximum atomic E-state index is 5.37. The summed E-state index contributed by atoms with van der Waals surface area (Å²) in [5, 5.41) is 4.10. The van der Waals surface area contributed by atoms with Crippen LogP contribution in [-0.4, -0.2) is 19.3 Å². The molecule has 1 aromatic carbocycles. The molecule has 0 spiro atoms. The topological polar surface area (TPSA) is 30.5 Å². The van der Waals surface area contributed by atoms with Gasteiger partial charge in [-0.1, -0.05) is 35.5 Å². The summed E-state index contributed by atoms with van der Waals surface area (Å²) in [5.41, 5.74) is 2.00. The third-order valence-corrected chi connectivity index (χ3v) is 2.89. The van der Waals surface area contributed by atoms with Crippen LogP contribution in [0.15, 0.2) is 40.9 Å². The molecular weight excluding hydrogens is 236 g/mol. The van der Waals surface area contributed by atoms with Crippen LogP contribution < -0.4 is 17.3 Å². The first-order valence-electron chi connectivity index (χ1n) is 5.50. The van der Waals surface area contributed by atoms with Crippen molar-refractivity contribution in [2.75, 3.05) is 14.1 Å². The molecule has 1 N–H and O–H groups in total. The molecule has 0 aliphatic rings. The van der Waals surface area contributed by atoms with Crippen LogP contribution in [0.5, 0.6) is 0 Å². The Hall–Kier alpha value is -1.32. The first-order chi connectivity index (χ1) is 7.68. The maximum absolute atomic E-state index is 5.37. The smallest absolute Gasteiger partial charge is 0.194 e. The minimum atomic E-state index is 0. The first-order valence-corrected chi connectivity index (χ1v) is 5.50. The number of aromatic nitrogens is 1. The zero-order valence-electron chi connectivity index (χ0n) is 10.3. The van der Waals surface area contributed by atoms with Gasteiger partial charge >= 0.3 is 0 Å². The van der Waals surface area contributed by atoms with Crippen molar-refractivity contribution in [1.82, 2.24) is 5.16 Å². The lowest BCUT2D eigenvalue weighted by Gasteiger charge is -2.12. The summed E-state index contributed by atoms with van der Waals surface area (Å²) in [7, 11) is 4.21. The molecule has 1 heterocycles. The number of halogens is 1. The van der Waals surface area contributed by atoms with E-state index in [1.807, 2.05) is 36.4 Å². The zero-order valence-corrected chi connectivity index (χ0v) is 11.0. The molecule has 3 nitrogen and oxygen atoms in total. The van der Waals surface area contributed by atoms with Crippen molar-refractivity contribution >= 4 is 0 Å². The predicted molar refractivity (Wildman–Crippen MR) is 63.2 cm³/mol. The van der Waals surface area contributed by atoms with Crippen molar-refractivity contribution in [3.8, 4) is 11.3 Å². The Balaban J connectivity index is 0.00000144. The number of rotatable bonds is 3. The van der Waals surface area contributed by atoms with Gasteiger partial charge in [-0.15, -0.1) is 0 Å². The highest BCUT2D eigenvalue weighted by atomic mass is 35.5. The van der Waals surface area contributed by atoms with Crippen molar-refractivity contribution in [2.24, 2.45) is 0 Å². The van der Waals surface area contributed by atoms with Gasteiger partial charge in [0.05, 0.1) is 14.1 Å². The highest BCUT2D eigenvalue weighted by Crippen LogP contribution is 2.20. The van der Waals surface area contributed by atoms with E-state index in [0.717, 1.165) is 17.0 Å². The van der Waals surface area contributed by atoms with Gasteiger partial charge in [-0.25, -0.2) is 0 Å². The molecule has 0 fully saturated rings. The lowest BCUT2D eigenvalue weighted by Crippen LogP contribution is -3.05. The zero-order chi connectivity index (χ0) is 11.5. The van der Waals surface area contributed by atoms with Gasteiger partial charge in [0.2, 0.25) is 0 Å². The molecule has 1 unspecified atom stereocenters. The first kappa shape index (κ1) is 13.7.